The van der Waals surface area contributed by atoms with E-state index in [1.54, 1.807) is 0 Å². The first-order chi connectivity index (χ1) is 6.86. The molecule has 2 unspecified atom stereocenters. The molecule has 2 fully saturated rings. The van der Waals surface area contributed by atoms with Crippen LogP contribution in [-0.2, 0) is 0 Å². The monoisotopic (exact) mass is 213 g/mol. The van der Waals surface area contributed by atoms with Gasteiger partial charge in [0.15, 0.2) is 0 Å². The van der Waals surface area contributed by atoms with Crippen LogP contribution >= 0.6 is 11.8 Å². The molecule has 2 heteroatoms. The lowest BCUT2D eigenvalue weighted by molar-refractivity contribution is 0.287. The van der Waals surface area contributed by atoms with Crippen molar-refractivity contribution < 1.29 is 0 Å². The highest BCUT2D eigenvalue weighted by Gasteiger charge is 2.25. The Hall–Kier alpha value is 0.310. The summed E-state index contributed by atoms with van der Waals surface area (Å²) < 4.78 is 0. The number of rotatable bonds is 1. The second kappa shape index (κ2) is 5.41. The van der Waals surface area contributed by atoms with Crippen LogP contribution in [0.1, 0.15) is 45.4 Å². The number of hydrogen-bond acceptors (Lipinski definition) is 2. The summed E-state index contributed by atoms with van der Waals surface area (Å²) in [4.78, 5) is 0. The molecule has 1 saturated heterocycles. The molecule has 1 aliphatic heterocycles. The van der Waals surface area contributed by atoms with Gasteiger partial charge < -0.3 is 5.32 Å². The van der Waals surface area contributed by atoms with E-state index in [2.05, 4.69) is 24.0 Å². The molecule has 1 nitrogen and oxygen atoms in total. The summed E-state index contributed by atoms with van der Waals surface area (Å²) in [6.45, 7) is 3.62. The van der Waals surface area contributed by atoms with Gasteiger partial charge in [0, 0.05) is 17.0 Å². The quantitative estimate of drug-likeness (QED) is 0.718. The van der Waals surface area contributed by atoms with Gasteiger partial charge in [0.2, 0.25) is 0 Å². The molecule has 0 amide bonds. The lowest BCUT2D eigenvalue weighted by Crippen LogP contribution is -2.38. The van der Waals surface area contributed by atoms with Gasteiger partial charge >= 0.3 is 0 Å². The summed E-state index contributed by atoms with van der Waals surface area (Å²) in [5.74, 6) is 2.34. The number of nitrogens with one attached hydrogen (secondary N) is 1. The Kier molecular flexibility index (Phi) is 4.18. The van der Waals surface area contributed by atoms with Crippen molar-refractivity contribution in [3.05, 3.63) is 0 Å². The van der Waals surface area contributed by atoms with Gasteiger partial charge in [-0.15, -0.1) is 0 Å². The molecule has 2 rings (SSSR count). The number of hydrogen-bond donors (Lipinski definition) is 1. The van der Waals surface area contributed by atoms with Crippen molar-refractivity contribution >= 4 is 11.8 Å². The second-order valence-electron chi connectivity index (χ2n) is 4.89. The average Bonchev–Trinajstić information content (AvgIpc) is 2.44. The van der Waals surface area contributed by atoms with Gasteiger partial charge in [-0.2, -0.15) is 11.8 Å². The van der Waals surface area contributed by atoms with Crippen LogP contribution < -0.4 is 5.32 Å². The van der Waals surface area contributed by atoms with E-state index in [-0.39, 0.29) is 0 Å². The SMILES string of the molecule is CC1CCNC(C2CCCCC2)CS1. The highest BCUT2D eigenvalue weighted by Crippen LogP contribution is 2.30. The van der Waals surface area contributed by atoms with E-state index in [1.165, 1.54) is 50.8 Å². The van der Waals surface area contributed by atoms with E-state index in [9.17, 15) is 0 Å². The molecule has 2 atom stereocenters. The van der Waals surface area contributed by atoms with Crippen molar-refractivity contribution in [3.8, 4) is 0 Å². The van der Waals surface area contributed by atoms with Gasteiger partial charge in [-0.3, -0.25) is 0 Å². The third-order valence-electron chi connectivity index (χ3n) is 3.74. The molecule has 0 spiro atoms. The van der Waals surface area contributed by atoms with Crippen LogP contribution in [0.2, 0.25) is 0 Å². The minimum absolute atomic E-state index is 0.824. The van der Waals surface area contributed by atoms with Crippen LogP contribution in [0.15, 0.2) is 0 Å². The third-order valence-corrected chi connectivity index (χ3v) is 5.09. The smallest absolute Gasteiger partial charge is 0.0186 e. The molecule has 0 aromatic rings. The van der Waals surface area contributed by atoms with Gasteiger partial charge in [0.25, 0.3) is 0 Å². The summed E-state index contributed by atoms with van der Waals surface area (Å²) in [6.07, 6.45) is 8.74. The number of thioether (sulfide) groups is 1. The van der Waals surface area contributed by atoms with Crippen molar-refractivity contribution in [2.45, 2.75) is 56.7 Å². The Morgan fingerprint density at radius 1 is 1.07 bits per heavy atom. The zero-order chi connectivity index (χ0) is 9.80. The zero-order valence-electron chi connectivity index (χ0n) is 9.30. The highest BCUT2D eigenvalue weighted by atomic mass is 32.2. The van der Waals surface area contributed by atoms with Crippen LogP contribution in [0, 0.1) is 5.92 Å². The Morgan fingerprint density at radius 3 is 2.64 bits per heavy atom. The maximum atomic E-state index is 3.76. The van der Waals surface area contributed by atoms with Gasteiger partial charge in [-0.1, -0.05) is 26.2 Å². The maximum absolute atomic E-state index is 3.76. The lowest BCUT2D eigenvalue weighted by atomic mass is 9.84. The van der Waals surface area contributed by atoms with Gasteiger partial charge in [0.05, 0.1) is 0 Å². The largest absolute Gasteiger partial charge is 0.313 e. The van der Waals surface area contributed by atoms with Crippen LogP contribution in [0.3, 0.4) is 0 Å². The lowest BCUT2D eigenvalue weighted by Gasteiger charge is -2.29. The summed E-state index contributed by atoms with van der Waals surface area (Å²) in [5.41, 5.74) is 0. The van der Waals surface area contributed by atoms with Crippen molar-refractivity contribution in [2.75, 3.05) is 12.3 Å². The molecule has 0 aromatic heterocycles. The predicted molar refractivity (Wildman–Crippen MR) is 64.9 cm³/mol. The molecule has 0 aromatic carbocycles. The summed E-state index contributed by atoms with van der Waals surface area (Å²) in [5, 5.41) is 4.63. The van der Waals surface area contributed by atoms with E-state index in [4.69, 9.17) is 0 Å². The Labute approximate surface area is 92.4 Å². The van der Waals surface area contributed by atoms with E-state index < -0.39 is 0 Å². The first-order valence-electron chi connectivity index (χ1n) is 6.21. The average molecular weight is 213 g/mol. The molecule has 0 bridgehead atoms. The van der Waals surface area contributed by atoms with Crippen molar-refractivity contribution in [1.82, 2.24) is 5.32 Å². The Bertz CT molecular complexity index is 166. The molecular weight excluding hydrogens is 190 g/mol. The minimum atomic E-state index is 0.824. The fourth-order valence-corrected chi connectivity index (χ4v) is 3.93. The molecule has 2 aliphatic rings. The second-order valence-corrected chi connectivity index (χ2v) is 6.36. The van der Waals surface area contributed by atoms with Crippen LogP contribution in [0.4, 0.5) is 0 Å². The van der Waals surface area contributed by atoms with E-state index in [0.717, 1.165) is 17.2 Å². The molecule has 1 aliphatic carbocycles. The molecule has 1 saturated carbocycles. The maximum Gasteiger partial charge on any atom is 0.0186 e. The summed E-state index contributed by atoms with van der Waals surface area (Å²) in [7, 11) is 0. The standard InChI is InChI=1S/C12H23NS/c1-10-7-8-13-12(9-14-10)11-5-3-2-4-6-11/h10-13H,2-9H2,1H3. The molecule has 14 heavy (non-hydrogen) atoms. The van der Waals surface area contributed by atoms with E-state index in [0.29, 0.717) is 0 Å². The predicted octanol–water partition coefficient (Wildman–Crippen LogP) is 3.05. The van der Waals surface area contributed by atoms with Crippen LogP contribution in [-0.4, -0.2) is 23.6 Å². The Balaban J connectivity index is 1.83. The summed E-state index contributed by atoms with van der Waals surface area (Å²) >= 11 is 2.18. The van der Waals surface area contributed by atoms with E-state index >= 15 is 0 Å². The topological polar surface area (TPSA) is 12.0 Å². The van der Waals surface area contributed by atoms with Gasteiger partial charge in [0.1, 0.15) is 0 Å². The summed E-state index contributed by atoms with van der Waals surface area (Å²) in [6, 6.07) is 0.824. The first-order valence-corrected chi connectivity index (χ1v) is 7.26. The molecule has 0 radical (unpaired) electrons. The fourth-order valence-electron chi connectivity index (χ4n) is 2.72. The van der Waals surface area contributed by atoms with Crippen molar-refractivity contribution in [2.24, 2.45) is 5.92 Å². The van der Waals surface area contributed by atoms with Crippen LogP contribution in [0.5, 0.6) is 0 Å². The molecule has 1 N–H and O–H groups in total. The van der Waals surface area contributed by atoms with Crippen molar-refractivity contribution in [1.29, 1.82) is 0 Å². The zero-order valence-corrected chi connectivity index (χ0v) is 10.1. The third kappa shape index (κ3) is 2.90. The normalized spacial score (nSPS) is 36.6. The molecule has 82 valence electrons. The Morgan fingerprint density at radius 2 is 1.86 bits per heavy atom. The van der Waals surface area contributed by atoms with Gasteiger partial charge in [-0.25, -0.2) is 0 Å². The minimum Gasteiger partial charge on any atom is -0.313 e. The van der Waals surface area contributed by atoms with Crippen molar-refractivity contribution in [3.63, 3.8) is 0 Å². The first kappa shape index (κ1) is 10.8. The molecule has 1 heterocycles. The highest BCUT2D eigenvalue weighted by molar-refractivity contribution is 7.99. The fraction of sp³-hybridized carbons (Fsp3) is 1.00. The van der Waals surface area contributed by atoms with Crippen LogP contribution in [0.25, 0.3) is 0 Å². The molecular formula is C12H23NS. The van der Waals surface area contributed by atoms with E-state index in [1.807, 2.05) is 0 Å². The van der Waals surface area contributed by atoms with Gasteiger partial charge in [-0.05, 0) is 31.7 Å².